The molecule has 0 bridgehead atoms. The van der Waals surface area contributed by atoms with Crippen LogP contribution in [0.15, 0.2) is 33.8 Å². The van der Waals surface area contributed by atoms with Gasteiger partial charge in [-0.15, -0.1) is 0 Å². The van der Waals surface area contributed by atoms with Crippen LogP contribution < -0.4 is 5.32 Å². The van der Waals surface area contributed by atoms with Gasteiger partial charge in [0, 0.05) is 32.6 Å². The maximum Gasteiger partial charge on any atom is 0.223 e. The molecule has 6 nitrogen and oxygen atoms in total. The molecule has 0 aliphatic rings. The van der Waals surface area contributed by atoms with E-state index in [1.807, 2.05) is 36.2 Å². The van der Waals surface area contributed by atoms with Crippen molar-refractivity contribution < 1.29 is 4.52 Å². The number of hydrogen-bond acceptors (Lipinski definition) is 4. The normalized spacial score (nSPS) is 11.5. The molecule has 2 rings (SSSR count). The number of benzene rings is 1. The Morgan fingerprint density at radius 2 is 2.10 bits per heavy atom. The Balaban J connectivity index is 1.92. The Morgan fingerprint density at radius 1 is 1.38 bits per heavy atom. The molecule has 1 aromatic carbocycles. The largest absolute Gasteiger partial charge is 0.349 e. The molecule has 1 heterocycles. The minimum absolute atomic E-state index is 0.467. The van der Waals surface area contributed by atoms with E-state index in [1.54, 1.807) is 14.0 Å². The third-order valence-corrected chi connectivity index (χ3v) is 3.13. The van der Waals surface area contributed by atoms with Crippen LogP contribution in [0.2, 0.25) is 5.02 Å². The number of nitrogens with one attached hydrogen (secondary N) is 1. The molecule has 0 aliphatic heterocycles. The van der Waals surface area contributed by atoms with Gasteiger partial charge in [-0.1, -0.05) is 28.9 Å². The van der Waals surface area contributed by atoms with Crippen molar-refractivity contribution in [3.8, 4) is 0 Å². The fourth-order valence-corrected chi connectivity index (χ4v) is 2.02. The molecular weight excluding hydrogens is 290 g/mol. The van der Waals surface area contributed by atoms with Gasteiger partial charge in [0.05, 0.1) is 6.54 Å². The molecule has 2 aromatic rings. The molecule has 7 heteroatoms. The zero-order valence-corrected chi connectivity index (χ0v) is 13.1. The van der Waals surface area contributed by atoms with Crippen molar-refractivity contribution in [3.05, 3.63) is 46.6 Å². The van der Waals surface area contributed by atoms with Crippen molar-refractivity contribution in [2.24, 2.45) is 4.99 Å². The van der Waals surface area contributed by atoms with Gasteiger partial charge in [-0.25, -0.2) is 0 Å². The molecule has 1 N–H and O–H groups in total. The van der Waals surface area contributed by atoms with Gasteiger partial charge in [0.15, 0.2) is 11.8 Å². The predicted molar refractivity (Wildman–Crippen MR) is 82.2 cm³/mol. The van der Waals surface area contributed by atoms with Crippen molar-refractivity contribution in [1.29, 1.82) is 0 Å². The van der Waals surface area contributed by atoms with Crippen molar-refractivity contribution in [3.63, 3.8) is 0 Å². The van der Waals surface area contributed by atoms with Crippen LogP contribution in [0.5, 0.6) is 0 Å². The molecule has 0 fully saturated rings. The van der Waals surface area contributed by atoms with Crippen LogP contribution in [0.1, 0.15) is 17.3 Å². The quantitative estimate of drug-likeness (QED) is 0.693. The fourth-order valence-electron chi connectivity index (χ4n) is 1.89. The van der Waals surface area contributed by atoms with Crippen molar-refractivity contribution in [1.82, 2.24) is 20.4 Å². The number of rotatable bonds is 4. The average Bonchev–Trinajstić information content (AvgIpc) is 2.88. The number of guanidine groups is 1. The summed E-state index contributed by atoms with van der Waals surface area (Å²) in [5.74, 6) is 1.91. The van der Waals surface area contributed by atoms with E-state index in [0.29, 0.717) is 18.3 Å². The number of nitrogens with zero attached hydrogens (tertiary/aromatic N) is 4. The smallest absolute Gasteiger partial charge is 0.223 e. The van der Waals surface area contributed by atoms with Gasteiger partial charge >= 0.3 is 0 Å². The molecule has 0 amide bonds. The van der Waals surface area contributed by atoms with E-state index in [-0.39, 0.29) is 0 Å². The molecule has 0 saturated heterocycles. The van der Waals surface area contributed by atoms with Crippen LogP contribution in [-0.2, 0) is 13.1 Å². The second-order valence-electron chi connectivity index (χ2n) is 4.61. The van der Waals surface area contributed by atoms with E-state index >= 15 is 0 Å². The van der Waals surface area contributed by atoms with E-state index in [2.05, 4.69) is 20.4 Å². The lowest BCUT2D eigenvalue weighted by Crippen LogP contribution is -2.38. The standard InChI is InChI=1S/C14H18ClN5O/c1-10-18-13(19-21-10)8-17-14(16-2)20(3)9-11-4-6-12(15)7-5-11/h4-7H,8-9H2,1-3H3,(H,16,17). The number of halogens is 1. The highest BCUT2D eigenvalue weighted by Gasteiger charge is 2.08. The second kappa shape index (κ2) is 7.08. The molecule has 1 aromatic heterocycles. The Hall–Kier alpha value is -2.08. The SMILES string of the molecule is CN=C(NCc1noc(C)n1)N(C)Cc1ccc(Cl)cc1. The number of aromatic nitrogens is 2. The maximum absolute atomic E-state index is 5.89. The van der Waals surface area contributed by atoms with Crippen LogP contribution in [0, 0.1) is 6.92 Å². The number of hydrogen-bond donors (Lipinski definition) is 1. The highest BCUT2D eigenvalue weighted by atomic mass is 35.5. The summed E-state index contributed by atoms with van der Waals surface area (Å²) in [5, 5.41) is 7.77. The van der Waals surface area contributed by atoms with Gasteiger partial charge in [-0.05, 0) is 17.7 Å². The first kappa shape index (κ1) is 15.3. The summed E-state index contributed by atoms with van der Waals surface area (Å²) in [4.78, 5) is 10.4. The topological polar surface area (TPSA) is 66.5 Å². The molecule has 0 saturated carbocycles. The van der Waals surface area contributed by atoms with Crippen LogP contribution >= 0.6 is 11.6 Å². The monoisotopic (exact) mass is 307 g/mol. The van der Waals surface area contributed by atoms with Crippen LogP contribution in [0.3, 0.4) is 0 Å². The third kappa shape index (κ3) is 4.46. The fraction of sp³-hybridized carbons (Fsp3) is 0.357. The molecular formula is C14H18ClN5O. The first-order valence-corrected chi connectivity index (χ1v) is 6.91. The molecule has 0 radical (unpaired) electrons. The molecule has 21 heavy (non-hydrogen) atoms. The van der Waals surface area contributed by atoms with Crippen molar-refractivity contribution >= 4 is 17.6 Å². The van der Waals surface area contributed by atoms with Crippen LogP contribution in [0.4, 0.5) is 0 Å². The van der Waals surface area contributed by atoms with Gasteiger partial charge in [0.25, 0.3) is 0 Å². The highest BCUT2D eigenvalue weighted by molar-refractivity contribution is 6.30. The second-order valence-corrected chi connectivity index (χ2v) is 5.05. The van der Waals surface area contributed by atoms with E-state index in [1.165, 1.54) is 0 Å². The first-order chi connectivity index (χ1) is 10.1. The summed E-state index contributed by atoms with van der Waals surface area (Å²) >= 11 is 5.89. The van der Waals surface area contributed by atoms with E-state index < -0.39 is 0 Å². The van der Waals surface area contributed by atoms with Crippen LogP contribution in [0.25, 0.3) is 0 Å². The third-order valence-electron chi connectivity index (χ3n) is 2.88. The van der Waals surface area contributed by atoms with Gasteiger partial charge in [0.2, 0.25) is 5.89 Å². The van der Waals surface area contributed by atoms with Crippen LogP contribution in [-0.4, -0.2) is 35.1 Å². The zero-order chi connectivity index (χ0) is 15.2. The summed E-state index contributed by atoms with van der Waals surface area (Å²) in [7, 11) is 3.70. The lowest BCUT2D eigenvalue weighted by atomic mass is 10.2. The average molecular weight is 308 g/mol. The molecule has 0 atom stereocenters. The van der Waals surface area contributed by atoms with Crippen molar-refractivity contribution in [2.45, 2.75) is 20.0 Å². The van der Waals surface area contributed by atoms with Gasteiger partial charge in [0.1, 0.15) is 0 Å². The van der Waals surface area contributed by atoms with Gasteiger partial charge < -0.3 is 14.7 Å². The summed E-state index contributed by atoms with van der Waals surface area (Å²) in [6, 6.07) is 7.75. The summed E-state index contributed by atoms with van der Waals surface area (Å²) in [5.41, 5.74) is 1.15. The van der Waals surface area contributed by atoms with E-state index in [4.69, 9.17) is 16.1 Å². The van der Waals surface area contributed by atoms with Gasteiger partial charge in [-0.3, -0.25) is 4.99 Å². The minimum Gasteiger partial charge on any atom is -0.349 e. The van der Waals surface area contributed by atoms with Gasteiger partial charge in [-0.2, -0.15) is 4.98 Å². The Labute approximate surface area is 128 Å². The lowest BCUT2D eigenvalue weighted by molar-refractivity contribution is 0.386. The molecule has 0 aliphatic carbocycles. The predicted octanol–water partition coefficient (Wildman–Crippen LogP) is 2.24. The summed E-state index contributed by atoms with van der Waals surface area (Å²) < 4.78 is 4.93. The Kier molecular flexibility index (Phi) is 5.16. The summed E-state index contributed by atoms with van der Waals surface area (Å²) in [6.07, 6.45) is 0. The molecule has 0 unspecified atom stereocenters. The number of aliphatic imine (C=N–C) groups is 1. The van der Waals surface area contributed by atoms with E-state index in [9.17, 15) is 0 Å². The highest BCUT2D eigenvalue weighted by Crippen LogP contribution is 2.11. The lowest BCUT2D eigenvalue weighted by Gasteiger charge is -2.21. The Morgan fingerprint density at radius 3 is 2.67 bits per heavy atom. The summed E-state index contributed by atoms with van der Waals surface area (Å²) in [6.45, 7) is 2.95. The Bertz CT molecular complexity index is 608. The molecule has 112 valence electrons. The van der Waals surface area contributed by atoms with Crippen molar-refractivity contribution in [2.75, 3.05) is 14.1 Å². The maximum atomic E-state index is 5.89. The minimum atomic E-state index is 0.467. The molecule has 0 spiro atoms. The zero-order valence-electron chi connectivity index (χ0n) is 12.3. The van der Waals surface area contributed by atoms with E-state index in [0.717, 1.165) is 23.1 Å². The number of aryl methyl sites for hydroxylation is 1. The first-order valence-electron chi connectivity index (χ1n) is 6.54.